The first kappa shape index (κ1) is 64.4. The number of fused-ring (bicyclic) bond motifs is 1. The van der Waals surface area contributed by atoms with Crippen LogP contribution in [0.15, 0.2) is 65.8 Å². The number of aliphatic carboxylic acids is 1. The number of aromatic nitrogens is 3. The van der Waals surface area contributed by atoms with E-state index in [0.717, 1.165) is 23.1 Å². The number of unbranched alkanes of at least 4 members (excludes halogenated alkanes) is 1. The van der Waals surface area contributed by atoms with Gasteiger partial charge in [-0.15, -0.1) is 5.10 Å². The number of benzene rings is 2. The number of thioether (sulfide) groups is 1. The number of nitrogens with zero attached hydrogens (tertiary/aromatic N) is 4. The second-order valence-electron chi connectivity index (χ2n) is 19.6. The number of aliphatic hydroxyl groups is 2. The molecule has 3 aliphatic heterocycles. The summed E-state index contributed by atoms with van der Waals surface area (Å²) in [5.41, 5.74) is -4.75. The minimum absolute atomic E-state index is 0. The standard InChI is InChI=1S/C52H60F6IN7O11S.K/c53-51(54,55)35-21-31(22-36(52(56,57)58)33(35)14-16-44(70)61-18-17-60-43(69)8-4-3-7-42-46-38(27-78-42)62-50(75)63-46)37-25-66(65-64-37)26-41-48(74)47(73)34(20-28-9-11-29(12-10-28)40(68)24-59)49(77-41)76-19-5-1-2-6-32-30(23-45(71)72)13-15-39(32)67;/h1-2,9-12,14,16,21-22,25,30,32,34,38,41-42,46-49,73-74H,3-8,13,15,17-20,23-24,26-27H2,(H,60,69)(H,61,70)(H,71,72)(H2,62,63,75);/q;+1/p-1/b2-1-,16-14+;/t30-,32-,34+,38+,41+,42+,46+,47+,48+,49+;/m1./s1. The summed E-state index contributed by atoms with van der Waals surface area (Å²) in [7, 11) is 0. The van der Waals surface area contributed by atoms with E-state index in [1.165, 1.54) is 0 Å². The van der Waals surface area contributed by atoms with Gasteiger partial charge in [0.15, 0.2) is 12.1 Å². The number of carboxylic acids is 1. The molecule has 4 fully saturated rings. The van der Waals surface area contributed by atoms with Crippen molar-refractivity contribution in [3.05, 3.63) is 88.6 Å². The molecule has 4 heterocycles. The zero-order valence-corrected chi connectivity index (χ0v) is 49.0. The molecule has 7 rings (SSSR count). The molecule has 2 aromatic carbocycles. The summed E-state index contributed by atoms with van der Waals surface area (Å²) in [5, 5.41) is 60.5. The number of allylic oxidation sites excluding steroid dienone is 1. The minimum atomic E-state index is -5.37. The van der Waals surface area contributed by atoms with Crippen molar-refractivity contribution >= 4 is 75.8 Å². The maximum absolute atomic E-state index is 14.6. The molecule has 4 aliphatic rings. The third kappa shape index (κ3) is 17.9. The molecular formula is C52H59F6IKN7O11S. The van der Waals surface area contributed by atoms with Crippen LogP contribution in [0.25, 0.3) is 17.3 Å². The van der Waals surface area contributed by atoms with E-state index in [2.05, 4.69) is 31.3 Å². The van der Waals surface area contributed by atoms with Crippen LogP contribution in [0.4, 0.5) is 31.1 Å². The number of rotatable bonds is 25. The summed E-state index contributed by atoms with van der Waals surface area (Å²) in [6.45, 7) is -0.800. The van der Waals surface area contributed by atoms with Gasteiger partial charge in [-0.3, -0.25) is 19.2 Å². The largest absolute Gasteiger partial charge is 1.00 e. The number of aliphatic imine (C=N–C) groups is 1. The normalized spacial score (nSPS) is 25.4. The number of ether oxygens (including phenoxy) is 2. The Hall–Kier alpha value is -3.78. The van der Waals surface area contributed by atoms with Gasteiger partial charge in [-0.25, -0.2) is 9.48 Å². The number of Topliss-reactive ketones (excluding diaryl/α,β-unsaturated/α-hetero) is 2. The van der Waals surface area contributed by atoms with Crippen LogP contribution in [0, 0.1) is 17.8 Å². The number of ketones is 2. The predicted octanol–water partition coefficient (Wildman–Crippen LogP) is 2.95. The summed E-state index contributed by atoms with van der Waals surface area (Å²) in [6.07, 6.45) is -7.26. The van der Waals surface area contributed by atoms with Crippen LogP contribution in [-0.4, -0.2) is 137 Å². The number of carbonyl (C=O) groups is 5. The molecule has 3 saturated heterocycles. The van der Waals surface area contributed by atoms with Crippen molar-refractivity contribution in [1.29, 1.82) is 0 Å². The Morgan fingerprint density at radius 3 is 2.43 bits per heavy atom. The van der Waals surface area contributed by atoms with Crippen LogP contribution >= 0.6 is 34.4 Å². The zero-order valence-electron chi connectivity index (χ0n) is 42.9. The molecule has 3 amide bonds. The number of carbonyl (C=O) groups excluding carboxylic acids is 4. The first-order valence-electron chi connectivity index (χ1n) is 25.4. The summed E-state index contributed by atoms with van der Waals surface area (Å²) in [6, 6.07) is 7.42. The van der Waals surface area contributed by atoms with E-state index in [9.17, 15) is 70.7 Å². The van der Waals surface area contributed by atoms with Gasteiger partial charge < -0.3 is 50.8 Å². The number of hydrogen-bond donors (Lipinski definition) is 6. The van der Waals surface area contributed by atoms with Gasteiger partial charge in [-0.1, -0.05) is 70.6 Å². The van der Waals surface area contributed by atoms with Crippen LogP contribution in [0.5, 0.6) is 0 Å². The number of nitrogens with one attached hydrogen (secondary N) is 3. The van der Waals surface area contributed by atoms with E-state index in [1.807, 2.05) is 22.6 Å². The molecule has 79 heavy (non-hydrogen) atoms. The molecule has 10 atom stereocenters. The Morgan fingerprint density at radius 1 is 1.03 bits per heavy atom. The molecule has 6 N–H and O–H groups in total. The summed E-state index contributed by atoms with van der Waals surface area (Å²) in [4.78, 5) is 64.1. The topological polar surface area (TPSA) is 267 Å². The van der Waals surface area contributed by atoms with Gasteiger partial charge in [-0.2, -0.15) is 38.1 Å². The fourth-order valence-corrected chi connectivity index (χ4v) is 12.1. The number of urea groups is 1. The second-order valence-corrected chi connectivity index (χ2v) is 21.6. The van der Waals surface area contributed by atoms with E-state index >= 15 is 0 Å². The van der Waals surface area contributed by atoms with Crippen molar-refractivity contribution in [2.45, 2.75) is 125 Å². The van der Waals surface area contributed by atoms with Crippen molar-refractivity contribution in [2.75, 3.05) is 29.9 Å². The predicted molar refractivity (Wildman–Crippen MR) is 279 cm³/mol. The maximum Gasteiger partial charge on any atom is 1.00 e. The Morgan fingerprint density at radius 2 is 1.75 bits per heavy atom. The SMILES string of the molecule is O=C(O)C[C@H]1CCC(=O)[C@@H]1C/C=C\CCO[C@H]1O[C@@H](Cn2cc(-c3cc(C(F)(F)F)c(/C=C/C(=O)NCCN=C([O-])CCCC[C@@H]4SC[C@@H]5NC(=O)N[C@@H]54)c(C(F)(F)F)c3)nn2)[C@H](O)[C@@H](O)[C@@H]1Cc1ccc(C(=O)CI)cc1.[K+]. The van der Waals surface area contributed by atoms with Gasteiger partial charge in [-0.05, 0) is 86.1 Å². The van der Waals surface area contributed by atoms with Crippen LogP contribution in [0.1, 0.15) is 90.4 Å². The summed E-state index contributed by atoms with van der Waals surface area (Å²) >= 11 is 3.70. The molecule has 1 aliphatic carbocycles. The Bertz CT molecular complexity index is 2680. The monoisotopic (exact) mass is 1270 g/mol. The minimum Gasteiger partial charge on any atom is -0.862 e. The number of alkyl halides is 7. The van der Waals surface area contributed by atoms with Gasteiger partial charge in [0.05, 0.1) is 59.6 Å². The Balaban J connectivity index is 0.0000101. The fourth-order valence-electron chi connectivity index (χ4n) is 10.2. The molecule has 0 bridgehead atoms. The van der Waals surface area contributed by atoms with Crippen molar-refractivity contribution in [3.63, 3.8) is 0 Å². The first-order valence-corrected chi connectivity index (χ1v) is 28.0. The zero-order chi connectivity index (χ0) is 56.3. The van der Waals surface area contributed by atoms with Gasteiger partial charge in [0.2, 0.25) is 5.91 Å². The van der Waals surface area contributed by atoms with Crippen LogP contribution in [0.2, 0.25) is 0 Å². The number of carboxylic acid groups (broad SMARTS) is 1. The van der Waals surface area contributed by atoms with Crippen molar-refractivity contribution < 1.29 is 132 Å². The molecular weight excluding hydrogens is 1210 g/mol. The number of halogens is 7. The molecule has 27 heteroatoms. The molecule has 0 unspecified atom stereocenters. The molecule has 424 valence electrons. The Labute approximate surface area is 511 Å². The van der Waals surface area contributed by atoms with Crippen LogP contribution in [-0.2, 0) is 49.2 Å². The fraction of sp³-hybridized carbons (Fsp3) is 0.538. The molecule has 3 aromatic rings. The van der Waals surface area contributed by atoms with Crippen LogP contribution < -0.4 is 72.4 Å². The van der Waals surface area contributed by atoms with Gasteiger partial charge in [0.1, 0.15) is 23.7 Å². The van der Waals surface area contributed by atoms with Crippen LogP contribution in [0.3, 0.4) is 0 Å². The van der Waals surface area contributed by atoms with E-state index in [4.69, 9.17) is 9.47 Å². The van der Waals surface area contributed by atoms with Crippen molar-refractivity contribution in [1.82, 2.24) is 30.9 Å². The van der Waals surface area contributed by atoms with E-state index in [0.29, 0.717) is 73.9 Å². The third-order valence-electron chi connectivity index (χ3n) is 14.2. The smallest absolute Gasteiger partial charge is 0.862 e. The van der Waals surface area contributed by atoms with Crippen molar-refractivity contribution in [2.24, 2.45) is 22.7 Å². The number of aliphatic hydroxyl groups excluding tert-OH is 2. The average molecular weight is 1270 g/mol. The molecule has 1 aromatic heterocycles. The average Bonchev–Trinajstić information content (AvgIpc) is 4.20. The van der Waals surface area contributed by atoms with E-state index in [1.54, 1.807) is 48.2 Å². The number of amides is 3. The third-order valence-corrected chi connectivity index (χ3v) is 16.4. The quantitative estimate of drug-likeness (QED) is 0.00609. The molecule has 1 saturated carbocycles. The van der Waals surface area contributed by atoms with E-state index < -0.39 is 101 Å². The number of hydrogen-bond acceptors (Lipinski definition) is 14. The maximum atomic E-state index is 14.6. The molecule has 0 radical (unpaired) electrons. The van der Waals surface area contributed by atoms with Gasteiger partial charge in [0, 0.05) is 59.4 Å². The Kier molecular flexibility index (Phi) is 24.0. The summed E-state index contributed by atoms with van der Waals surface area (Å²) < 4.78 is 101. The summed E-state index contributed by atoms with van der Waals surface area (Å²) in [5.74, 6) is -3.33. The van der Waals surface area contributed by atoms with Gasteiger partial charge >= 0.3 is 75.7 Å². The van der Waals surface area contributed by atoms with Gasteiger partial charge in [0.25, 0.3) is 0 Å². The second kappa shape index (κ2) is 29.5. The first-order chi connectivity index (χ1) is 37.1. The molecule has 18 nitrogen and oxygen atoms in total. The molecule has 0 spiro atoms. The van der Waals surface area contributed by atoms with Crippen molar-refractivity contribution in [3.8, 4) is 11.3 Å². The van der Waals surface area contributed by atoms with E-state index in [-0.39, 0.29) is 136 Å².